The lowest BCUT2D eigenvalue weighted by atomic mass is 9.93. The molecule has 2 rings (SSSR count). The first kappa shape index (κ1) is 15.8. The maximum Gasteiger partial charge on any atom is 0.329 e. The summed E-state index contributed by atoms with van der Waals surface area (Å²) in [5.41, 5.74) is -0.897. The summed E-state index contributed by atoms with van der Waals surface area (Å²) in [4.78, 5) is 25.2. The van der Waals surface area contributed by atoms with Crippen molar-refractivity contribution in [1.82, 2.24) is 4.90 Å². The Bertz CT molecular complexity index is 581. The van der Waals surface area contributed by atoms with E-state index in [9.17, 15) is 19.1 Å². The van der Waals surface area contributed by atoms with E-state index in [0.717, 1.165) is 0 Å². The molecule has 1 atom stereocenters. The second kappa shape index (κ2) is 6.01. The highest BCUT2D eigenvalue weighted by atomic mass is 79.9. The number of nitrogens with zero attached hydrogens (tertiary/aromatic N) is 1. The maximum atomic E-state index is 13.2. The van der Waals surface area contributed by atoms with Crippen molar-refractivity contribution in [1.29, 1.82) is 0 Å². The van der Waals surface area contributed by atoms with Gasteiger partial charge in [0.05, 0.1) is 5.69 Å². The lowest BCUT2D eigenvalue weighted by Gasteiger charge is -2.33. The van der Waals surface area contributed by atoms with Crippen LogP contribution in [0, 0.1) is 5.82 Å². The molecule has 0 spiro atoms. The maximum absolute atomic E-state index is 13.2. The van der Waals surface area contributed by atoms with E-state index in [1.165, 1.54) is 23.1 Å². The number of hydrogen-bond acceptors (Lipinski definition) is 2. The van der Waals surface area contributed by atoms with Crippen LogP contribution in [0.2, 0.25) is 0 Å². The highest BCUT2D eigenvalue weighted by Gasteiger charge is 2.48. The van der Waals surface area contributed by atoms with Crippen LogP contribution in [0.15, 0.2) is 22.7 Å². The zero-order valence-electron chi connectivity index (χ0n) is 11.5. The van der Waals surface area contributed by atoms with Crippen LogP contribution in [0.1, 0.15) is 26.2 Å². The van der Waals surface area contributed by atoms with Gasteiger partial charge < -0.3 is 15.3 Å². The van der Waals surface area contributed by atoms with Crippen molar-refractivity contribution in [2.75, 3.05) is 11.9 Å². The Labute approximate surface area is 130 Å². The fourth-order valence-corrected chi connectivity index (χ4v) is 3.04. The normalized spacial score (nSPS) is 21.4. The number of carboxylic acids is 1. The average molecular weight is 359 g/mol. The van der Waals surface area contributed by atoms with Gasteiger partial charge in [0, 0.05) is 11.0 Å². The number of hydrogen-bond donors (Lipinski definition) is 2. The summed E-state index contributed by atoms with van der Waals surface area (Å²) in [6, 6.07) is 3.41. The molecular weight excluding hydrogens is 343 g/mol. The number of nitrogens with one attached hydrogen (secondary N) is 1. The third-order valence-electron chi connectivity index (χ3n) is 3.89. The van der Waals surface area contributed by atoms with E-state index in [1.807, 2.05) is 0 Å². The van der Waals surface area contributed by atoms with Gasteiger partial charge in [0.1, 0.15) is 11.4 Å². The largest absolute Gasteiger partial charge is 0.479 e. The Hall–Kier alpha value is -1.63. The fraction of sp³-hybridized carbons (Fsp3) is 0.429. The van der Waals surface area contributed by atoms with E-state index in [1.54, 1.807) is 6.92 Å². The van der Waals surface area contributed by atoms with Crippen molar-refractivity contribution in [3.63, 3.8) is 0 Å². The molecule has 1 aliphatic rings. The molecule has 21 heavy (non-hydrogen) atoms. The summed E-state index contributed by atoms with van der Waals surface area (Å²) >= 11 is 3.23. The number of benzene rings is 1. The molecule has 1 saturated heterocycles. The van der Waals surface area contributed by atoms with Gasteiger partial charge in [-0.3, -0.25) is 0 Å². The zero-order chi connectivity index (χ0) is 15.6. The second-order valence-electron chi connectivity index (χ2n) is 5.00. The summed E-state index contributed by atoms with van der Waals surface area (Å²) in [5, 5.41) is 12.0. The minimum atomic E-state index is -1.18. The molecule has 1 aliphatic heterocycles. The van der Waals surface area contributed by atoms with Gasteiger partial charge >= 0.3 is 12.0 Å². The molecule has 1 aromatic carbocycles. The Morgan fingerprint density at radius 3 is 2.86 bits per heavy atom. The highest BCUT2D eigenvalue weighted by Crippen LogP contribution is 2.34. The first-order chi connectivity index (χ1) is 9.90. The van der Waals surface area contributed by atoms with Gasteiger partial charge in [-0.05, 0) is 53.4 Å². The monoisotopic (exact) mass is 358 g/mol. The van der Waals surface area contributed by atoms with Crippen molar-refractivity contribution in [3.05, 3.63) is 28.5 Å². The number of carbonyl (C=O) groups excluding carboxylic acids is 1. The molecule has 1 fully saturated rings. The van der Waals surface area contributed by atoms with Crippen LogP contribution in [0.3, 0.4) is 0 Å². The number of urea groups is 1. The Balaban J connectivity index is 2.23. The summed E-state index contributed by atoms with van der Waals surface area (Å²) in [7, 11) is 0. The Morgan fingerprint density at radius 2 is 2.24 bits per heavy atom. The van der Waals surface area contributed by atoms with Gasteiger partial charge in [-0.1, -0.05) is 6.92 Å². The van der Waals surface area contributed by atoms with Gasteiger partial charge in [-0.25, -0.2) is 14.0 Å². The highest BCUT2D eigenvalue weighted by molar-refractivity contribution is 9.10. The van der Waals surface area contributed by atoms with E-state index >= 15 is 0 Å². The number of likely N-dealkylation sites (tertiary alicyclic amines) is 1. The quantitative estimate of drug-likeness (QED) is 0.869. The van der Waals surface area contributed by atoms with Crippen molar-refractivity contribution in [2.24, 2.45) is 0 Å². The molecule has 0 radical (unpaired) electrons. The van der Waals surface area contributed by atoms with Crippen LogP contribution >= 0.6 is 15.9 Å². The molecule has 7 heteroatoms. The number of carbonyl (C=O) groups is 2. The van der Waals surface area contributed by atoms with Crippen LogP contribution in [0.5, 0.6) is 0 Å². The number of rotatable bonds is 3. The van der Waals surface area contributed by atoms with E-state index in [4.69, 9.17) is 0 Å². The molecule has 1 unspecified atom stereocenters. The minimum Gasteiger partial charge on any atom is -0.479 e. The van der Waals surface area contributed by atoms with Gasteiger partial charge in [0.2, 0.25) is 0 Å². The molecule has 114 valence electrons. The molecule has 2 N–H and O–H groups in total. The molecule has 1 aromatic rings. The number of carboxylic acid groups (broad SMARTS) is 1. The smallest absolute Gasteiger partial charge is 0.329 e. The van der Waals surface area contributed by atoms with Crippen molar-refractivity contribution in [2.45, 2.75) is 31.7 Å². The number of amides is 2. The summed E-state index contributed by atoms with van der Waals surface area (Å²) in [6.45, 7) is 2.12. The number of halogens is 2. The number of anilines is 1. The lowest BCUT2D eigenvalue weighted by molar-refractivity contribution is -0.148. The van der Waals surface area contributed by atoms with Crippen LogP contribution < -0.4 is 5.32 Å². The molecule has 0 aliphatic carbocycles. The number of aliphatic carboxylic acids is 1. The van der Waals surface area contributed by atoms with Gasteiger partial charge in [0.15, 0.2) is 0 Å². The van der Waals surface area contributed by atoms with Gasteiger partial charge in [0.25, 0.3) is 0 Å². The zero-order valence-corrected chi connectivity index (χ0v) is 13.1. The van der Waals surface area contributed by atoms with Crippen LogP contribution in [-0.2, 0) is 4.79 Å². The predicted octanol–water partition coefficient (Wildman–Crippen LogP) is 3.45. The summed E-state index contributed by atoms with van der Waals surface area (Å²) in [5.74, 6) is -1.48. The van der Waals surface area contributed by atoms with E-state index in [0.29, 0.717) is 30.3 Å². The minimum absolute atomic E-state index is 0.280. The van der Waals surface area contributed by atoms with Gasteiger partial charge in [-0.15, -0.1) is 0 Å². The third kappa shape index (κ3) is 2.88. The molecule has 1 heterocycles. The topological polar surface area (TPSA) is 69.6 Å². The Kier molecular flexibility index (Phi) is 4.51. The first-order valence-corrected chi connectivity index (χ1v) is 7.47. The van der Waals surface area contributed by atoms with Crippen molar-refractivity contribution < 1.29 is 19.1 Å². The van der Waals surface area contributed by atoms with Crippen LogP contribution in [0.25, 0.3) is 0 Å². The predicted molar refractivity (Wildman–Crippen MR) is 79.7 cm³/mol. The molecule has 5 nitrogen and oxygen atoms in total. The Morgan fingerprint density at radius 1 is 1.52 bits per heavy atom. The molecule has 0 saturated carbocycles. The SMILES string of the molecule is CCC1(C(=O)O)CCCN1C(=O)Nc1cc(F)ccc1Br. The molecule has 0 aromatic heterocycles. The van der Waals surface area contributed by atoms with E-state index in [-0.39, 0.29) is 5.69 Å². The lowest BCUT2D eigenvalue weighted by Crippen LogP contribution is -2.54. The van der Waals surface area contributed by atoms with E-state index < -0.39 is 23.4 Å². The van der Waals surface area contributed by atoms with E-state index in [2.05, 4.69) is 21.2 Å². The van der Waals surface area contributed by atoms with Gasteiger partial charge in [-0.2, -0.15) is 0 Å². The molecular formula is C14H16BrFN2O3. The second-order valence-corrected chi connectivity index (χ2v) is 5.85. The van der Waals surface area contributed by atoms with Crippen molar-refractivity contribution in [3.8, 4) is 0 Å². The summed E-state index contributed by atoms with van der Waals surface area (Å²) < 4.78 is 13.8. The fourth-order valence-electron chi connectivity index (χ4n) is 2.69. The summed E-state index contributed by atoms with van der Waals surface area (Å²) in [6.07, 6.45) is 1.40. The van der Waals surface area contributed by atoms with Crippen LogP contribution in [-0.4, -0.2) is 34.1 Å². The average Bonchev–Trinajstić information content (AvgIpc) is 2.88. The van der Waals surface area contributed by atoms with Crippen LogP contribution in [0.4, 0.5) is 14.9 Å². The van der Waals surface area contributed by atoms with Crippen molar-refractivity contribution >= 4 is 33.6 Å². The molecule has 0 bridgehead atoms. The molecule has 2 amide bonds. The first-order valence-electron chi connectivity index (χ1n) is 6.68. The third-order valence-corrected chi connectivity index (χ3v) is 4.58. The standard InChI is InChI=1S/C14H16BrFN2O3/c1-2-14(12(19)20)6-3-7-18(14)13(21)17-11-8-9(16)4-5-10(11)15/h4-5,8H,2-3,6-7H2,1H3,(H,17,21)(H,19,20).